The van der Waals surface area contributed by atoms with Gasteiger partial charge in [0.25, 0.3) is 5.56 Å². The molecule has 7 heteroatoms. The number of carbonyl (C=O) groups excluding carboxylic acids is 1. The minimum atomic E-state index is -0.539. The van der Waals surface area contributed by atoms with Gasteiger partial charge in [-0.3, -0.25) is 19.1 Å². The van der Waals surface area contributed by atoms with Crippen LogP contribution in [0.25, 0.3) is 0 Å². The number of carbonyl (C=O) groups is 1. The first-order valence-electron chi connectivity index (χ1n) is 8.89. The van der Waals surface area contributed by atoms with E-state index in [2.05, 4.69) is 10.3 Å². The fourth-order valence-corrected chi connectivity index (χ4v) is 3.39. The van der Waals surface area contributed by atoms with Crippen molar-refractivity contribution in [1.82, 2.24) is 9.55 Å². The van der Waals surface area contributed by atoms with Gasteiger partial charge in [-0.2, -0.15) is 0 Å². The number of rotatable bonds is 7. The normalized spacial score (nSPS) is 10.6. The first-order valence-corrected chi connectivity index (χ1v) is 9.87. The predicted octanol–water partition coefficient (Wildman–Crippen LogP) is 2.82. The highest BCUT2D eigenvalue weighted by Gasteiger charge is 2.10. The van der Waals surface area contributed by atoms with Crippen LogP contribution in [-0.2, 0) is 17.8 Å². The monoisotopic (exact) mass is 395 g/mol. The lowest BCUT2D eigenvalue weighted by molar-refractivity contribution is -0.113. The molecule has 0 aliphatic rings. The van der Waals surface area contributed by atoms with Gasteiger partial charge in [0, 0.05) is 17.5 Å². The molecule has 3 rings (SSSR count). The molecule has 0 unspecified atom stereocenters. The maximum atomic E-state index is 12.3. The molecule has 28 heavy (non-hydrogen) atoms. The minimum Gasteiger partial charge on any atom is -0.311 e. The summed E-state index contributed by atoms with van der Waals surface area (Å²) in [6.45, 7) is 2.35. The van der Waals surface area contributed by atoms with Crippen molar-refractivity contribution >= 4 is 23.5 Å². The second-order valence-electron chi connectivity index (χ2n) is 6.36. The number of H-pyrrole nitrogens is 1. The minimum absolute atomic E-state index is 0.183. The van der Waals surface area contributed by atoms with Crippen LogP contribution in [0.15, 0.2) is 75.1 Å². The van der Waals surface area contributed by atoms with Crippen LogP contribution in [0, 0.1) is 6.92 Å². The molecule has 0 aliphatic carbocycles. The number of aromatic amines is 1. The third kappa shape index (κ3) is 5.47. The Morgan fingerprint density at radius 3 is 2.50 bits per heavy atom. The van der Waals surface area contributed by atoms with Gasteiger partial charge in [-0.15, -0.1) is 11.8 Å². The maximum absolute atomic E-state index is 12.3. The first kappa shape index (κ1) is 19.7. The lowest BCUT2D eigenvalue weighted by Gasteiger charge is -2.13. The summed E-state index contributed by atoms with van der Waals surface area (Å²) in [5.41, 5.74) is 1.14. The van der Waals surface area contributed by atoms with Crippen LogP contribution in [0.4, 0.5) is 5.82 Å². The Bertz CT molecular complexity index is 1060. The van der Waals surface area contributed by atoms with E-state index in [1.807, 2.05) is 61.5 Å². The lowest BCUT2D eigenvalue weighted by Crippen LogP contribution is -2.33. The van der Waals surface area contributed by atoms with E-state index in [4.69, 9.17) is 0 Å². The summed E-state index contributed by atoms with van der Waals surface area (Å²) in [6.07, 6.45) is 0.605. The summed E-state index contributed by atoms with van der Waals surface area (Å²) in [5.74, 6) is 0.117. The van der Waals surface area contributed by atoms with E-state index in [1.165, 1.54) is 22.4 Å². The highest BCUT2D eigenvalue weighted by molar-refractivity contribution is 8.00. The molecular weight excluding hydrogens is 374 g/mol. The summed E-state index contributed by atoms with van der Waals surface area (Å²) in [7, 11) is 0. The van der Waals surface area contributed by atoms with E-state index in [1.54, 1.807) is 0 Å². The zero-order chi connectivity index (χ0) is 19.9. The number of nitrogens with one attached hydrogen (secondary N) is 2. The molecule has 0 spiro atoms. The van der Waals surface area contributed by atoms with Crippen LogP contribution in [-0.4, -0.2) is 21.2 Å². The molecule has 0 fully saturated rings. The van der Waals surface area contributed by atoms with Crippen molar-refractivity contribution in [2.24, 2.45) is 0 Å². The molecule has 1 aromatic heterocycles. The zero-order valence-corrected chi connectivity index (χ0v) is 16.3. The average Bonchev–Trinajstić information content (AvgIpc) is 2.67. The number of benzene rings is 2. The standard InChI is InChI=1S/C21H21N3O3S/c1-15-7-9-17(10-8-15)28-14-20(26)22-18-13-19(25)23-21(27)24(18)12-11-16-5-3-2-4-6-16/h2-10,13H,11-12,14H2,1H3,(H,22,26)(H,23,25,27). The number of aromatic nitrogens is 2. The molecule has 1 amide bonds. The number of anilines is 1. The van der Waals surface area contributed by atoms with Crippen molar-refractivity contribution in [3.63, 3.8) is 0 Å². The van der Waals surface area contributed by atoms with Gasteiger partial charge in [-0.05, 0) is 31.0 Å². The Kier molecular flexibility index (Phi) is 6.49. The fourth-order valence-electron chi connectivity index (χ4n) is 2.69. The Labute approximate surface area is 166 Å². The Hall–Kier alpha value is -3.06. The molecule has 1 heterocycles. The zero-order valence-electron chi connectivity index (χ0n) is 15.5. The van der Waals surface area contributed by atoms with Crippen LogP contribution in [0.5, 0.6) is 0 Å². The summed E-state index contributed by atoms with van der Waals surface area (Å²) < 4.78 is 1.38. The van der Waals surface area contributed by atoms with E-state index in [0.717, 1.165) is 16.0 Å². The molecule has 2 N–H and O–H groups in total. The van der Waals surface area contributed by atoms with Crippen LogP contribution >= 0.6 is 11.8 Å². The highest BCUT2D eigenvalue weighted by atomic mass is 32.2. The van der Waals surface area contributed by atoms with Gasteiger partial charge < -0.3 is 5.32 Å². The van der Waals surface area contributed by atoms with Crippen LogP contribution in [0.3, 0.4) is 0 Å². The van der Waals surface area contributed by atoms with E-state index >= 15 is 0 Å². The topological polar surface area (TPSA) is 84.0 Å². The average molecular weight is 395 g/mol. The number of amides is 1. The molecule has 0 radical (unpaired) electrons. The van der Waals surface area contributed by atoms with Gasteiger partial charge in [0.15, 0.2) is 0 Å². The smallest absolute Gasteiger partial charge is 0.311 e. The molecule has 0 atom stereocenters. The van der Waals surface area contributed by atoms with Crippen molar-refractivity contribution in [3.8, 4) is 0 Å². The summed E-state index contributed by atoms with van der Waals surface area (Å²) in [6, 6.07) is 18.8. The molecular formula is C21H21N3O3S. The third-order valence-electron chi connectivity index (χ3n) is 4.16. The lowest BCUT2D eigenvalue weighted by atomic mass is 10.1. The largest absolute Gasteiger partial charge is 0.329 e. The van der Waals surface area contributed by atoms with E-state index < -0.39 is 11.2 Å². The van der Waals surface area contributed by atoms with Crippen molar-refractivity contribution in [2.75, 3.05) is 11.1 Å². The SMILES string of the molecule is Cc1ccc(SCC(=O)Nc2cc(=O)[nH]c(=O)n2CCc2ccccc2)cc1. The van der Waals surface area contributed by atoms with E-state index in [9.17, 15) is 14.4 Å². The molecule has 3 aromatic rings. The third-order valence-corrected chi connectivity index (χ3v) is 5.17. The molecule has 144 valence electrons. The quantitative estimate of drug-likeness (QED) is 0.603. The molecule has 0 bridgehead atoms. The summed E-state index contributed by atoms with van der Waals surface area (Å²) >= 11 is 1.40. The van der Waals surface area contributed by atoms with Crippen molar-refractivity contribution in [1.29, 1.82) is 0 Å². The number of thioether (sulfide) groups is 1. The predicted molar refractivity (Wildman–Crippen MR) is 112 cm³/mol. The molecule has 0 saturated carbocycles. The van der Waals surface area contributed by atoms with E-state index in [0.29, 0.717) is 13.0 Å². The van der Waals surface area contributed by atoms with Crippen molar-refractivity contribution in [3.05, 3.63) is 92.6 Å². The van der Waals surface area contributed by atoms with Gasteiger partial charge in [0.2, 0.25) is 5.91 Å². The summed E-state index contributed by atoms with van der Waals surface area (Å²) in [4.78, 5) is 39.5. The Morgan fingerprint density at radius 1 is 1.07 bits per heavy atom. The highest BCUT2D eigenvalue weighted by Crippen LogP contribution is 2.18. The number of aryl methyl sites for hydroxylation is 2. The van der Waals surface area contributed by atoms with Crippen LogP contribution in [0.1, 0.15) is 11.1 Å². The fraction of sp³-hybridized carbons (Fsp3) is 0.190. The second kappa shape index (κ2) is 9.23. The summed E-state index contributed by atoms with van der Waals surface area (Å²) in [5, 5.41) is 2.69. The molecule has 6 nitrogen and oxygen atoms in total. The van der Waals surface area contributed by atoms with Gasteiger partial charge >= 0.3 is 5.69 Å². The number of nitrogens with zero attached hydrogens (tertiary/aromatic N) is 1. The molecule has 0 saturated heterocycles. The van der Waals surface area contributed by atoms with Gasteiger partial charge in [-0.1, -0.05) is 48.0 Å². The molecule has 0 aliphatic heterocycles. The Morgan fingerprint density at radius 2 is 1.79 bits per heavy atom. The maximum Gasteiger partial charge on any atom is 0.329 e. The van der Waals surface area contributed by atoms with E-state index in [-0.39, 0.29) is 17.5 Å². The van der Waals surface area contributed by atoms with Crippen molar-refractivity contribution < 1.29 is 4.79 Å². The van der Waals surface area contributed by atoms with Crippen molar-refractivity contribution in [2.45, 2.75) is 24.8 Å². The second-order valence-corrected chi connectivity index (χ2v) is 7.41. The van der Waals surface area contributed by atoms with Gasteiger partial charge in [0.05, 0.1) is 5.75 Å². The number of hydrogen-bond acceptors (Lipinski definition) is 4. The van der Waals surface area contributed by atoms with Crippen LogP contribution < -0.4 is 16.6 Å². The first-order chi connectivity index (χ1) is 13.5. The van der Waals surface area contributed by atoms with Gasteiger partial charge in [-0.25, -0.2) is 4.79 Å². The van der Waals surface area contributed by atoms with Gasteiger partial charge in [0.1, 0.15) is 5.82 Å². The Balaban J connectivity index is 1.69. The van der Waals surface area contributed by atoms with Crippen LogP contribution in [0.2, 0.25) is 0 Å². The number of hydrogen-bond donors (Lipinski definition) is 2. The molecule has 2 aromatic carbocycles.